The van der Waals surface area contributed by atoms with Crippen molar-refractivity contribution in [3.63, 3.8) is 0 Å². The van der Waals surface area contributed by atoms with Gasteiger partial charge in [-0.2, -0.15) is 0 Å². The van der Waals surface area contributed by atoms with Gasteiger partial charge in [0.2, 0.25) is 0 Å². The summed E-state index contributed by atoms with van der Waals surface area (Å²) in [5, 5.41) is 0. The number of hydrogen-bond donors (Lipinski definition) is 0. The van der Waals surface area contributed by atoms with E-state index in [9.17, 15) is 0 Å². The topological polar surface area (TPSA) is 0 Å². The van der Waals surface area contributed by atoms with Crippen molar-refractivity contribution in [2.24, 2.45) is 5.92 Å². The van der Waals surface area contributed by atoms with Crippen molar-refractivity contribution in [1.29, 1.82) is 0 Å². The number of hydrogen-bond acceptors (Lipinski definition) is 0. The van der Waals surface area contributed by atoms with E-state index in [0.29, 0.717) is 0 Å². The van der Waals surface area contributed by atoms with Crippen molar-refractivity contribution in [3.05, 3.63) is 19.1 Å². The normalized spacial score (nSPS) is 12.9. The van der Waals surface area contributed by atoms with Crippen LogP contribution >= 0.6 is 0 Å². The van der Waals surface area contributed by atoms with Crippen LogP contribution in [0.2, 0.25) is 0 Å². The van der Waals surface area contributed by atoms with E-state index in [0.717, 1.165) is 12.3 Å². The minimum atomic E-state index is 0.817. The average Bonchev–Trinajstić information content (AvgIpc) is 2.05. The third kappa shape index (κ3) is 6.45. The molecule has 0 aromatic rings. The van der Waals surface area contributed by atoms with Crippen LogP contribution in [0.4, 0.5) is 0 Å². The van der Waals surface area contributed by atoms with Crippen LogP contribution in [0.1, 0.15) is 52.4 Å². The third-order valence-electron chi connectivity index (χ3n) is 2.36. The molecule has 0 aromatic heterocycles. The lowest BCUT2D eigenvalue weighted by Gasteiger charge is -2.10. The molecule has 0 N–H and O–H groups in total. The lowest BCUT2D eigenvalue weighted by Crippen LogP contribution is -1.94. The van der Waals surface area contributed by atoms with Crippen molar-refractivity contribution >= 4 is 0 Å². The second-order valence-corrected chi connectivity index (χ2v) is 3.78. The Morgan fingerprint density at radius 3 is 2.50 bits per heavy atom. The fraction of sp³-hybridized carbons (Fsp3) is 0.750. The van der Waals surface area contributed by atoms with E-state index in [4.69, 9.17) is 0 Å². The molecule has 71 valence electrons. The van der Waals surface area contributed by atoms with E-state index in [-0.39, 0.29) is 0 Å². The Kier molecular flexibility index (Phi) is 7.23. The molecule has 0 saturated carbocycles. The third-order valence-corrected chi connectivity index (χ3v) is 2.36. The second-order valence-electron chi connectivity index (χ2n) is 3.78. The smallest absolute Gasteiger partial charge is 0.0297 e. The molecule has 0 aliphatic heterocycles. The molecule has 0 nitrogen and oxygen atoms in total. The number of unbranched alkanes of at least 4 members (excludes halogenated alkanes) is 2. The molecule has 0 aromatic carbocycles. The lowest BCUT2D eigenvalue weighted by atomic mass is 9.96. The van der Waals surface area contributed by atoms with Crippen LogP contribution < -0.4 is 0 Å². The van der Waals surface area contributed by atoms with Crippen LogP contribution in [0, 0.1) is 12.8 Å². The molecule has 0 fully saturated rings. The van der Waals surface area contributed by atoms with Gasteiger partial charge in [-0.1, -0.05) is 52.2 Å². The fourth-order valence-corrected chi connectivity index (χ4v) is 1.29. The van der Waals surface area contributed by atoms with Gasteiger partial charge in [0.15, 0.2) is 0 Å². The van der Waals surface area contributed by atoms with Gasteiger partial charge >= 0.3 is 0 Å². The van der Waals surface area contributed by atoms with Gasteiger partial charge in [0.1, 0.15) is 0 Å². The lowest BCUT2D eigenvalue weighted by molar-refractivity contribution is 0.542. The van der Waals surface area contributed by atoms with Crippen molar-refractivity contribution < 1.29 is 0 Å². The van der Waals surface area contributed by atoms with Gasteiger partial charge in [0.25, 0.3) is 0 Å². The zero-order valence-corrected chi connectivity index (χ0v) is 8.73. The Hall–Kier alpha value is -0.260. The molecule has 0 heterocycles. The van der Waals surface area contributed by atoms with Crippen LogP contribution in [0.5, 0.6) is 0 Å². The molecule has 0 rings (SSSR count). The largest absolute Gasteiger partial charge is 0.0999 e. The van der Waals surface area contributed by atoms with Crippen molar-refractivity contribution in [3.8, 4) is 0 Å². The van der Waals surface area contributed by atoms with Gasteiger partial charge < -0.3 is 0 Å². The maximum Gasteiger partial charge on any atom is -0.0297 e. The minimum absolute atomic E-state index is 0.817. The van der Waals surface area contributed by atoms with Gasteiger partial charge in [-0.3, -0.25) is 0 Å². The summed E-state index contributed by atoms with van der Waals surface area (Å²) >= 11 is 0. The molecular formula is C12H23. The molecule has 0 amide bonds. The van der Waals surface area contributed by atoms with Crippen LogP contribution in [-0.2, 0) is 0 Å². The quantitative estimate of drug-likeness (QED) is 0.390. The highest BCUT2D eigenvalue weighted by Gasteiger charge is 2.01. The zero-order valence-electron chi connectivity index (χ0n) is 8.73. The monoisotopic (exact) mass is 167 g/mol. The van der Waals surface area contributed by atoms with Crippen LogP contribution in [-0.4, -0.2) is 0 Å². The Labute approximate surface area is 78.1 Å². The molecule has 0 aliphatic carbocycles. The molecule has 1 atom stereocenters. The molecule has 12 heavy (non-hydrogen) atoms. The number of allylic oxidation sites excluding steroid dienone is 1. The maximum atomic E-state index is 4.09. The zero-order chi connectivity index (χ0) is 9.40. The first-order chi connectivity index (χ1) is 5.70. The molecular weight excluding hydrogens is 144 g/mol. The Bertz CT molecular complexity index is 113. The predicted octanol–water partition coefficient (Wildman–Crippen LogP) is 4.37. The van der Waals surface area contributed by atoms with E-state index in [1.54, 1.807) is 0 Å². The minimum Gasteiger partial charge on any atom is -0.0999 e. The van der Waals surface area contributed by atoms with Crippen LogP contribution in [0.15, 0.2) is 12.2 Å². The standard InChI is InChI=1S/C12H23/c1-5-7-8-9-12(4)10-11(3)6-2/h11H,1,4-10H2,2-3H3. The van der Waals surface area contributed by atoms with Crippen molar-refractivity contribution in [2.75, 3.05) is 0 Å². The number of rotatable bonds is 7. The van der Waals surface area contributed by atoms with Gasteiger partial charge in [-0.05, 0) is 25.2 Å². The molecule has 1 radical (unpaired) electrons. The molecule has 1 unspecified atom stereocenters. The molecule has 0 saturated heterocycles. The van der Waals surface area contributed by atoms with E-state index < -0.39 is 0 Å². The first kappa shape index (κ1) is 11.7. The highest BCUT2D eigenvalue weighted by molar-refractivity contribution is 4.94. The van der Waals surface area contributed by atoms with Crippen molar-refractivity contribution in [2.45, 2.75) is 52.4 Å². The Morgan fingerprint density at radius 2 is 2.00 bits per heavy atom. The fourth-order valence-electron chi connectivity index (χ4n) is 1.29. The summed E-state index contributed by atoms with van der Waals surface area (Å²) in [5.41, 5.74) is 1.43. The summed E-state index contributed by atoms with van der Waals surface area (Å²) < 4.78 is 0. The first-order valence-electron chi connectivity index (χ1n) is 5.16. The van der Waals surface area contributed by atoms with E-state index in [1.165, 1.54) is 37.7 Å². The summed E-state index contributed by atoms with van der Waals surface area (Å²) in [6.45, 7) is 12.5. The average molecular weight is 167 g/mol. The highest BCUT2D eigenvalue weighted by atomic mass is 14.1. The highest BCUT2D eigenvalue weighted by Crippen LogP contribution is 2.17. The predicted molar refractivity (Wildman–Crippen MR) is 57.0 cm³/mol. The Balaban J connectivity index is 3.33. The van der Waals surface area contributed by atoms with Crippen molar-refractivity contribution in [1.82, 2.24) is 0 Å². The maximum absolute atomic E-state index is 4.09. The summed E-state index contributed by atoms with van der Waals surface area (Å²) in [7, 11) is 0. The van der Waals surface area contributed by atoms with E-state index in [1.807, 2.05) is 0 Å². The van der Waals surface area contributed by atoms with Gasteiger partial charge in [-0.15, -0.1) is 0 Å². The van der Waals surface area contributed by atoms with E-state index >= 15 is 0 Å². The first-order valence-corrected chi connectivity index (χ1v) is 5.16. The Morgan fingerprint density at radius 1 is 1.33 bits per heavy atom. The summed E-state index contributed by atoms with van der Waals surface area (Å²) in [5.74, 6) is 0.817. The van der Waals surface area contributed by atoms with Crippen LogP contribution in [0.25, 0.3) is 0 Å². The van der Waals surface area contributed by atoms with E-state index in [2.05, 4.69) is 27.4 Å². The summed E-state index contributed by atoms with van der Waals surface area (Å²) in [6, 6.07) is 0. The summed E-state index contributed by atoms with van der Waals surface area (Å²) in [4.78, 5) is 0. The second kappa shape index (κ2) is 7.39. The molecule has 0 heteroatoms. The van der Waals surface area contributed by atoms with Gasteiger partial charge in [0.05, 0.1) is 0 Å². The molecule has 0 bridgehead atoms. The van der Waals surface area contributed by atoms with Gasteiger partial charge in [0, 0.05) is 0 Å². The molecule has 0 spiro atoms. The van der Waals surface area contributed by atoms with Crippen LogP contribution in [0.3, 0.4) is 0 Å². The summed E-state index contributed by atoms with van der Waals surface area (Å²) in [6.07, 6.45) is 7.29. The molecule has 0 aliphatic rings. The van der Waals surface area contributed by atoms with Gasteiger partial charge in [-0.25, -0.2) is 0 Å². The SMILES string of the molecule is [CH2]CCCCC(=C)CC(C)CC.